The van der Waals surface area contributed by atoms with Crippen molar-refractivity contribution < 1.29 is 33.8 Å². The van der Waals surface area contributed by atoms with E-state index in [1.54, 1.807) is 0 Å². The molecule has 7 unspecified atom stereocenters. The highest BCUT2D eigenvalue weighted by molar-refractivity contribution is 6.11. The van der Waals surface area contributed by atoms with E-state index in [0.29, 0.717) is 56.5 Å². The van der Waals surface area contributed by atoms with E-state index in [2.05, 4.69) is 13.8 Å². The van der Waals surface area contributed by atoms with Crippen molar-refractivity contribution in [3.63, 3.8) is 0 Å². The van der Waals surface area contributed by atoms with Gasteiger partial charge >= 0.3 is 5.97 Å². The molecule has 0 radical (unpaired) electrons. The first-order valence-electron chi connectivity index (χ1n) is 13.6. The van der Waals surface area contributed by atoms with Gasteiger partial charge in [-0.3, -0.25) is 19.2 Å². The van der Waals surface area contributed by atoms with Gasteiger partial charge in [0.15, 0.2) is 11.6 Å². The maximum Gasteiger partial charge on any atom is 0.303 e. The molecule has 3 aliphatic carbocycles. The van der Waals surface area contributed by atoms with E-state index in [-0.39, 0.29) is 42.0 Å². The molecule has 1 saturated carbocycles. The first-order chi connectivity index (χ1) is 16.8. The van der Waals surface area contributed by atoms with Crippen LogP contribution in [0.25, 0.3) is 0 Å². The topological polar surface area (TPSA) is 110 Å². The Balaban J connectivity index is 1.59. The Kier molecular flexibility index (Phi) is 5.78. The first kappa shape index (κ1) is 25.8. The number of aliphatic carboxylic acids is 1. The molecule has 0 amide bonds. The molecule has 7 atom stereocenters. The third kappa shape index (κ3) is 3.37. The number of Topliss-reactive ketones (excluding diaryl/α,β-unsaturated/α-hetero) is 3. The van der Waals surface area contributed by atoms with Gasteiger partial charge in [-0.15, -0.1) is 0 Å². The molecule has 3 fully saturated rings. The monoisotopic (exact) mass is 500 g/mol. The van der Waals surface area contributed by atoms with E-state index in [1.807, 2.05) is 20.8 Å². The van der Waals surface area contributed by atoms with Crippen molar-refractivity contribution in [2.45, 2.75) is 104 Å². The molecule has 0 aromatic heterocycles. The van der Waals surface area contributed by atoms with E-state index < -0.39 is 33.4 Å². The average Bonchev–Trinajstić information content (AvgIpc) is 3.40. The van der Waals surface area contributed by atoms with Crippen LogP contribution < -0.4 is 0 Å². The summed E-state index contributed by atoms with van der Waals surface area (Å²) in [4.78, 5) is 51.9. The van der Waals surface area contributed by atoms with Crippen LogP contribution in [0.3, 0.4) is 0 Å². The second kappa shape index (κ2) is 8.07. The summed E-state index contributed by atoms with van der Waals surface area (Å²) < 4.78 is 12.3. The van der Waals surface area contributed by atoms with Gasteiger partial charge < -0.3 is 14.6 Å². The lowest BCUT2D eigenvalue weighted by Gasteiger charge is -2.55. The Labute approximate surface area is 213 Å². The lowest BCUT2D eigenvalue weighted by atomic mass is 9.46. The minimum atomic E-state index is -0.899. The Morgan fingerprint density at radius 1 is 0.944 bits per heavy atom. The lowest BCUT2D eigenvalue weighted by Crippen LogP contribution is -2.56. The van der Waals surface area contributed by atoms with Gasteiger partial charge in [0.25, 0.3) is 0 Å². The third-order valence-electron chi connectivity index (χ3n) is 11.2. The summed E-state index contributed by atoms with van der Waals surface area (Å²) in [6, 6.07) is 0. The van der Waals surface area contributed by atoms with Gasteiger partial charge in [-0.25, -0.2) is 0 Å². The number of rotatable bonds is 8. The van der Waals surface area contributed by atoms with Crippen molar-refractivity contribution in [3.8, 4) is 0 Å². The average molecular weight is 501 g/mol. The van der Waals surface area contributed by atoms with E-state index in [0.717, 1.165) is 12.8 Å². The number of hydrogen-bond acceptors (Lipinski definition) is 6. The van der Waals surface area contributed by atoms with Crippen molar-refractivity contribution >= 4 is 23.3 Å². The van der Waals surface area contributed by atoms with E-state index in [4.69, 9.17) is 9.47 Å². The van der Waals surface area contributed by atoms with Gasteiger partial charge in [0.05, 0.1) is 24.4 Å². The predicted molar refractivity (Wildman–Crippen MR) is 131 cm³/mol. The smallest absolute Gasteiger partial charge is 0.303 e. The minimum Gasteiger partial charge on any atom is -0.481 e. The summed E-state index contributed by atoms with van der Waals surface area (Å²) >= 11 is 0. The lowest BCUT2D eigenvalue weighted by molar-refractivity contribution is -0.139. The van der Waals surface area contributed by atoms with Crippen LogP contribution in [0.5, 0.6) is 0 Å². The molecule has 1 N–H and O–H groups in total. The second-order valence-electron chi connectivity index (χ2n) is 13.0. The zero-order valence-corrected chi connectivity index (χ0v) is 22.3. The number of allylic oxidation sites excluding steroid dienone is 2. The van der Waals surface area contributed by atoms with Crippen molar-refractivity contribution in [1.29, 1.82) is 0 Å². The van der Waals surface area contributed by atoms with E-state index >= 15 is 0 Å². The van der Waals surface area contributed by atoms with E-state index in [9.17, 15) is 24.3 Å². The highest BCUT2D eigenvalue weighted by atomic mass is 16.6. The Morgan fingerprint density at radius 3 is 2.25 bits per heavy atom. The number of ketones is 3. The molecule has 0 aromatic carbocycles. The molecule has 2 aliphatic heterocycles. The zero-order valence-electron chi connectivity index (χ0n) is 22.3. The molecule has 36 heavy (non-hydrogen) atoms. The summed E-state index contributed by atoms with van der Waals surface area (Å²) in [6.07, 6.45) is 4.08. The van der Waals surface area contributed by atoms with Crippen molar-refractivity contribution in [2.24, 2.45) is 28.1 Å². The van der Waals surface area contributed by atoms with Crippen LogP contribution in [0.2, 0.25) is 0 Å². The van der Waals surface area contributed by atoms with Crippen LogP contribution in [0.1, 0.15) is 92.4 Å². The van der Waals surface area contributed by atoms with E-state index in [1.165, 1.54) is 0 Å². The number of carbonyl (C=O) groups is 4. The summed E-state index contributed by atoms with van der Waals surface area (Å²) in [6.45, 7) is 11.0. The number of fused-ring (bicyclic) bond motifs is 1. The largest absolute Gasteiger partial charge is 0.481 e. The highest BCUT2D eigenvalue weighted by Gasteiger charge is 2.73. The molecular weight excluding hydrogens is 460 g/mol. The van der Waals surface area contributed by atoms with Crippen LogP contribution in [-0.2, 0) is 28.7 Å². The van der Waals surface area contributed by atoms with Crippen molar-refractivity contribution in [2.75, 3.05) is 13.2 Å². The van der Waals surface area contributed by atoms with Crippen molar-refractivity contribution in [1.82, 2.24) is 0 Å². The predicted octanol–water partition coefficient (Wildman–Crippen LogP) is 4.46. The Hall–Kier alpha value is -1.86. The summed E-state index contributed by atoms with van der Waals surface area (Å²) in [5.74, 6) is -0.821. The van der Waals surface area contributed by atoms with Crippen LogP contribution in [0.4, 0.5) is 0 Å². The molecule has 7 nitrogen and oxygen atoms in total. The molecule has 0 bridgehead atoms. The van der Waals surface area contributed by atoms with Gasteiger partial charge in [-0.05, 0) is 45.4 Å². The Morgan fingerprint density at radius 2 is 1.64 bits per heavy atom. The quantitative estimate of drug-likeness (QED) is 0.490. The van der Waals surface area contributed by atoms with Crippen LogP contribution in [0, 0.1) is 28.1 Å². The van der Waals surface area contributed by atoms with Gasteiger partial charge in [-0.2, -0.15) is 0 Å². The zero-order chi connectivity index (χ0) is 26.3. The number of ether oxygens (including phenoxy) is 2. The molecule has 198 valence electrons. The number of carboxylic acids is 1. The van der Waals surface area contributed by atoms with Crippen LogP contribution >= 0.6 is 0 Å². The standard InChI is InChI=1S/C29H40O7/c1-6-17(30)7-12-27(4)20-8-11-26(3)24-18(31)13-21(28(5)15-35-28)25(2,10-9-22(33)34)23(24)19(32)14-29(20,26)16-36-27/h20-21H,6-16H2,1-5H3,(H,33,34). The van der Waals surface area contributed by atoms with Gasteiger partial charge in [0.2, 0.25) is 0 Å². The molecule has 2 saturated heterocycles. The fourth-order valence-electron chi connectivity index (χ4n) is 8.84. The molecule has 2 heterocycles. The fourth-order valence-corrected chi connectivity index (χ4v) is 8.84. The SMILES string of the molecule is CCC(=O)CCC1(C)OCC23CC(=O)C4=C(C(=O)CC(C5(C)CO5)C4(C)CCC(=O)O)C2(C)CCC13. The maximum atomic E-state index is 14.2. The summed E-state index contributed by atoms with van der Waals surface area (Å²) in [7, 11) is 0. The first-order valence-corrected chi connectivity index (χ1v) is 13.6. The number of carboxylic acid groups (broad SMARTS) is 1. The van der Waals surface area contributed by atoms with Crippen molar-refractivity contribution in [3.05, 3.63) is 11.1 Å². The third-order valence-corrected chi connectivity index (χ3v) is 11.2. The number of hydrogen-bond donors (Lipinski definition) is 1. The Bertz CT molecular complexity index is 1070. The minimum absolute atomic E-state index is 0.0184. The molecule has 5 aliphatic rings. The molecule has 7 heteroatoms. The molecule has 1 spiro atoms. The molecular formula is C29H40O7. The van der Waals surface area contributed by atoms with Gasteiger partial charge in [-0.1, -0.05) is 20.8 Å². The molecule has 5 rings (SSSR count). The van der Waals surface area contributed by atoms with Gasteiger partial charge in [0.1, 0.15) is 5.78 Å². The van der Waals surface area contributed by atoms with Crippen LogP contribution in [0.15, 0.2) is 11.1 Å². The number of carbonyl (C=O) groups excluding carboxylic acids is 3. The fraction of sp³-hybridized carbons (Fsp3) is 0.793. The number of epoxide rings is 1. The highest BCUT2D eigenvalue weighted by Crippen LogP contribution is 2.73. The summed E-state index contributed by atoms with van der Waals surface area (Å²) in [5, 5.41) is 9.53. The van der Waals surface area contributed by atoms with Gasteiger partial charge in [0, 0.05) is 65.4 Å². The summed E-state index contributed by atoms with van der Waals surface area (Å²) in [5.41, 5.74) is -1.49. The van der Waals surface area contributed by atoms with Crippen LogP contribution in [-0.4, -0.2) is 52.8 Å². The second-order valence-corrected chi connectivity index (χ2v) is 13.0. The maximum absolute atomic E-state index is 14.2. The molecule has 0 aromatic rings. The normalized spacial score (nSPS) is 45.4.